The Morgan fingerprint density at radius 2 is 1.81 bits per heavy atom. The maximum Gasteiger partial charge on any atom is 0.129 e. The second kappa shape index (κ2) is 8.35. The summed E-state index contributed by atoms with van der Waals surface area (Å²) in [5.74, 6) is -0.0869. The number of ether oxygens (including phenoxy) is 1. The molecule has 1 aliphatic rings. The first-order valence-corrected chi connectivity index (χ1v) is 8.08. The van der Waals surface area contributed by atoms with Gasteiger partial charge in [0.2, 0.25) is 0 Å². The summed E-state index contributed by atoms with van der Waals surface area (Å²) in [6, 6.07) is 5.66. The lowest BCUT2D eigenvalue weighted by Crippen LogP contribution is -2.36. The van der Waals surface area contributed by atoms with Gasteiger partial charge < -0.3 is 9.64 Å². The molecule has 1 aliphatic heterocycles. The fraction of sp³-hybridized carbons (Fsp3) is 0.647. The average Bonchev–Trinajstić information content (AvgIpc) is 2.50. The van der Waals surface area contributed by atoms with Crippen molar-refractivity contribution in [3.8, 4) is 0 Å². The van der Waals surface area contributed by atoms with E-state index in [1.807, 2.05) is 12.1 Å². The van der Waals surface area contributed by atoms with E-state index in [-0.39, 0.29) is 5.82 Å². The number of rotatable bonds is 7. The van der Waals surface area contributed by atoms with Gasteiger partial charge in [0.05, 0.1) is 13.2 Å². The summed E-state index contributed by atoms with van der Waals surface area (Å²) in [5.41, 5.74) is 1.77. The zero-order chi connectivity index (χ0) is 15.1. The van der Waals surface area contributed by atoms with Crippen LogP contribution in [0.25, 0.3) is 0 Å². The lowest BCUT2D eigenvalue weighted by molar-refractivity contribution is 0.122. The van der Waals surface area contributed by atoms with Crippen LogP contribution in [0.4, 0.5) is 10.1 Å². The van der Waals surface area contributed by atoms with Crippen LogP contribution in [0.5, 0.6) is 0 Å². The van der Waals surface area contributed by atoms with Gasteiger partial charge in [0, 0.05) is 30.9 Å². The van der Waals surface area contributed by atoms with Crippen molar-refractivity contribution in [3.63, 3.8) is 0 Å². The van der Waals surface area contributed by atoms with Gasteiger partial charge in [-0.1, -0.05) is 19.9 Å². The number of benzene rings is 1. The Morgan fingerprint density at radius 3 is 2.38 bits per heavy atom. The fourth-order valence-electron chi connectivity index (χ4n) is 2.83. The minimum absolute atomic E-state index is 0.0869. The summed E-state index contributed by atoms with van der Waals surface area (Å²) in [5, 5.41) is 0. The lowest BCUT2D eigenvalue weighted by atomic mass is 10.1. The van der Waals surface area contributed by atoms with Crippen LogP contribution in [-0.4, -0.2) is 44.3 Å². The third kappa shape index (κ3) is 4.68. The van der Waals surface area contributed by atoms with Gasteiger partial charge in [-0.2, -0.15) is 0 Å². The number of nitrogens with zero attached hydrogens (tertiary/aromatic N) is 2. The molecule has 0 radical (unpaired) electrons. The molecule has 118 valence electrons. The number of hydrogen-bond acceptors (Lipinski definition) is 3. The standard InChI is InChI=1S/C17H27FN2O/c1-3-7-19(8-4-2)14-15-5-6-16(13-17(15)18)20-9-11-21-12-10-20/h5-6,13H,3-4,7-12,14H2,1-2H3. The highest BCUT2D eigenvalue weighted by molar-refractivity contribution is 5.48. The smallest absolute Gasteiger partial charge is 0.129 e. The van der Waals surface area contributed by atoms with Crippen LogP contribution < -0.4 is 4.90 Å². The second-order valence-electron chi connectivity index (χ2n) is 5.65. The van der Waals surface area contributed by atoms with Crippen LogP contribution in [0.15, 0.2) is 18.2 Å². The molecule has 0 amide bonds. The van der Waals surface area contributed by atoms with Crippen molar-refractivity contribution in [3.05, 3.63) is 29.6 Å². The summed E-state index contributed by atoms with van der Waals surface area (Å²) in [4.78, 5) is 4.51. The third-order valence-corrected chi connectivity index (χ3v) is 3.89. The molecular formula is C17H27FN2O. The molecule has 1 aromatic rings. The monoisotopic (exact) mass is 294 g/mol. The van der Waals surface area contributed by atoms with Gasteiger partial charge in [0.1, 0.15) is 5.82 Å². The van der Waals surface area contributed by atoms with Gasteiger partial charge in [0.15, 0.2) is 0 Å². The lowest BCUT2D eigenvalue weighted by Gasteiger charge is -2.29. The van der Waals surface area contributed by atoms with Gasteiger partial charge in [-0.05, 0) is 38.1 Å². The zero-order valence-corrected chi connectivity index (χ0v) is 13.3. The molecule has 0 bridgehead atoms. The molecule has 0 atom stereocenters. The molecule has 0 unspecified atom stereocenters. The second-order valence-corrected chi connectivity index (χ2v) is 5.65. The summed E-state index contributed by atoms with van der Waals surface area (Å²) in [7, 11) is 0. The molecule has 4 heteroatoms. The molecule has 0 spiro atoms. The molecule has 1 aromatic carbocycles. The molecule has 0 saturated carbocycles. The van der Waals surface area contributed by atoms with Crippen molar-refractivity contribution in [2.75, 3.05) is 44.3 Å². The molecule has 1 heterocycles. The summed E-state index contributed by atoms with van der Waals surface area (Å²) in [6.07, 6.45) is 2.21. The Labute approximate surface area is 127 Å². The first-order valence-electron chi connectivity index (χ1n) is 8.08. The SMILES string of the molecule is CCCN(CCC)Cc1ccc(N2CCOCC2)cc1F. The highest BCUT2D eigenvalue weighted by atomic mass is 19.1. The van der Waals surface area contributed by atoms with Crippen molar-refractivity contribution in [1.29, 1.82) is 0 Å². The van der Waals surface area contributed by atoms with Crippen LogP contribution in [0.1, 0.15) is 32.3 Å². The van der Waals surface area contributed by atoms with Crippen molar-refractivity contribution >= 4 is 5.69 Å². The molecule has 0 aliphatic carbocycles. The molecule has 0 aromatic heterocycles. The fourth-order valence-corrected chi connectivity index (χ4v) is 2.83. The largest absolute Gasteiger partial charge is 0.378 e. The predicted molar refractivity (Wildman–Crippen MR) is 85.3 cm³/mol. The molecule has 2 rings (SSSR count). The minimum atomic E-state index is -0.0869. The number of anilines is 1. The molecule has 0 N–H and O–H groups in total. The van der Waals surface area contributed by atoms with Crippen LogP contribution in [-0.2, 0) is 11.3 Å². The molecule has 21 heavy (non-hydrogen) atoms. The van der Waals surface area contributed by atoms with Crippen molar-refractivity contribution in [1.82, 2.24) is 4.90 Å². The van der Waals surface area contributed by atoms with Crippen LogP contribution >= 0.6 is 0 Å². The quantitative estimate of drug-likeness (QED) is 0.767. The average molecular weight is 294 g/mol. The van der Waals surface area contributed by atoms with Gasteiger partial charge >= 0.3 is 0 Å². The number of hydrogen-bond donors (Lipinski definition) is 0. The van der Waals surface area contributed by atoms with Crippen LogP contribution in [0.2, 0.25) is 0 Å². The van der Waals surface area contributed by atoms with Crippen LogP contribution in [0, 0.1) is 5.82 Å². The van der Waals surface area contributed by atoms with Crippen molar-refractivity contribution in [2.24, 2.45) is 0 Å². The maximum absolute atomic E-state index is 14.4. The Balaban J connectivity index is 2.03. The van der Waals surface area contributed by atoms with Crippen molar-refractivity contribution < 1.29 is 9.13 Å². The zero-order valence-electron chi connectivity index (χ0n) is 13.3. The number of halogens is 1. The van der Waals surface area contributed by atoms with Crippen LogP contribution in [0.3, 0.4) is 0 Å². The van der Waals surface area contributed by atoms with Gasteiger partial charge in [-0.15, -0.1) is 0 Å². The third-order valence-electron chi connectivity index (χ3n) is 3.89. The topological polar surface area (TPSA) is 15.7 Å². The van der Waals surface area contributed by atoms with E-state index in [4.69, 9.17) is 4.74 Å². The molecule has 3 nitrogen and oxygen atoms in total. The Hall–Kier alpha value is -1.13. The first kappa shape index (κ1) is 16.2. The predicted octanol–water partition coefficient (Wildman–Crippen LogP) is 3.28. The highest BCUT2D eigenvalue weighted by Crippen LogP contribution is 2.21. The van der Waals surface area contributed by atoms with E-state index in [1.54, 1.807) is 6.07 Å². The van der Waals surface area contributed by atoms with E-state index < -0.39 is 0 Å². The summed E-state index contributed by atoms with van der Waals surface area (Å²) in [6.45, 7) is 10.2. The van der Waals surface area contributed by atoms with Crippen molar-refractivity contribution in [2.45, 2.75) is 33.2 Å². The summed E-state index contributed by atoms with van der Waals surface area (Å²) < 4.78 is 19.7. The Kier molecular flexibility index (Phi) is 6.46. The highest BCUT2D eigenvalue weighted by Gasteiger charge is 2.14. The normalized spacial score (nSPS) is 15.7. The van der Waals surface area contributed by atoms with E-state index in [0.29, 0.717) is 6.54 Å². The van der Waals surface area contributed by atoms with E-state index in [0.717, 1.165) is 63.5 Å². The molecule has 1 fully saturated rings. The number of morpholine rings is 1. The Bertz CT molecular complexity index is 427. The summed E-state index contributed by atoms with van der Waals surface area (Å²) >= 11 is 0. The minimum Gasteiger partial charge on any atom is -0.378 e. The van der Waals surface area contributed by atoms with E-state index in [2.05, 4.69) is 23.6 Å². The van der Waals surface area contributed by atoms with E-state index in [9.17, 15) is 4.39 Å². The molecule has 1 saturated heterocycles. The van der Waals surface area contributed by atoms with Gasteiger partial charge in [-0.25, -0.2) is 4.39 Å². The first-order chi connectivity index (χ1) is 10.2. The van der Waals surface area contributed by atoms with E-state index in [1.165, 1.54) is 0 Å². The van der Waals surface area contributed by atoms with Gasteiger partial charge in [0.25, 0.3) is 0 Å². The van der Waals surface area contributed by atoms with Gasteiger partial charge in [-0.3, -0.25) is 4.90 Å². The Morgan fingerprint density at radius 1 is 1.14 bits per heavy atom. The molecular weight excluding hydrogens is 267 g/mol. The maximum atomic E-state index is 14.4. The van der Waals surface area contributed by atoms with E-state index >= 15 is 0 Å².